The van der Waals surface area contributed by atoms with Crippen LogP contribution in [0.3, 0.4) is 0 Å². The van der Waals surface area contributed by atoms with E-state index in [-0.39, 0.29) is 41.0 Å². The molecule has 0 bridgehead atoms. The molecule has 0 aliphatic rings. The van der Waals surface area contributed by atoms with E-state index in [2.05, 4.69) is 10.0 Å². The number of phenols is 2. The lowest BCUT2D eigenvalue weighted by atomic mass is 10.1. The van der Waals surface area contributed by atoms with Gasteiger partial charge in [-0.05, 0) is 66.9 Å². The maximum absolute atomic E-state index is 12.6. The van der Waals surface area contributed by atoms with E-state index >= 15 is 0 Å². The van der Waals surface area contributed by atoms with Crippen LogP contribution in [0.1, 0.15) is 12.0 Å². The average Bonchev–Trinajstić information content (AvgIpc) is 2.83. The van der Waals surface area contributed by atoms with Crippen LogP contribution in [-0.4, -0.2) is 54.3 Å². The van der Waals surface area contributed by atoms with E-state index in [1.165, 1.54) is 42.5 Å². The van der Waals surface area contributed by atoms with Crippen molar-refractivity contribution in [3.63, 3.8) is 0 Å². The number of aliphatic hydroxyl groups is 2. The van der Waals surface area contributed by atoms with E-state index in [0.717, 1.165) is 5.56 Å². The Balaban J connectivity index is 1.48. The van der Waals surface area contributed by atoms with Gasteiger partial charge in [-0.15, -0.1) is 0 Å². The third-order valence-electron chi connectivity index (χ3n) is 5.01. The van der Waals surface area contributed by atoms with Crippen molar-refractivity contribution in [3.05, 3.63) is 77.3 Å². The van der Waals surface area contributed by atoms with Crippen LogP contribution >= 0.6 is 11.6 Å². The second-order valence-electron chi connectivity index (χ2n) is 7.83. The molecule has 0 radical (unpaired) electrons. The Bertz CT molecular complexity index is 1210. The van der Waals surface area contributed by atoms with Gasteiger partial charge in [0.05, 0.1) is 10.6 Å². The number of aromatic hydroxyl groups is 2. The zero-order valence-electron chi connectivity index (χ0n) is 18.6. The molecule has 3 aromatic rings. The number of ether oxygens (including phenoxy) is 1. The molecule has 1 unspecified atom stereocenters. The van der Waals surface area contributed by atoms with Gasteiger partial charge >= 0.3 is 0 Å². The molecule has 0 spiro atoms. The van der Waals surface area contributed by atoms with Crippen molar-refractivity contribution in [1.82, 2.24) is 5.32 Å². The molecule has 3 aromatic carbocycles. The number of aryl methyl sites for hydroxylation is 1. The molecule has 0 aliphatic carbocycles. The Hall–Kier alpha value is -3.02. The Labute approximate surface area is 208 Å². The molecular formula is C24H27ClN2O7S. The second-order valence-corrected chi connectivity index (χ2v) is 9.95. The molecule has 0 heterocycles. The largest absolute Gasteiger partial charge is 0.508 e. The van der Waals surface area contributed by atoms with Crippen LogP contribution < -0.4 is 14.8 Å². The summed E-state index contributed by atoms with van der Waals surface area (Å²) in [6.45, 7) is -0.0727. The number of hydrogen-bond acceptors (Lipinski definition) is 8. The smallest absolute Gasteiger partial charge is 0.262 e. The fraction of sp³-hybridized carbons (Fsp3) is 0.250. The third kappa shape index (κ3) is 8.30. The van der Waals surface area contributed by atoms with Gasteiger partial charge in [0.15, 0.2) is 0 Å². The summed E-state index contributed by atoms with van der Waals surface area (Å²) < 4.78 is 32.9. The van der Waals surface area contributed by atoms with Gasteiger partial charge in [0.1, 0.15) is 36.2 Å². The first-order valence-electron chi connectivity index (χ1n) is 10.7. The van der Waals surface area contributed by atoms with E-state index in [0.29, 0.717) is 17.9 Å². The first kappa shape index (κ1) is 26.6. The van der Waals surface area contributed by atoms with Crippen molar-refractivity contribution in [2.24, 2.45) is 0 Å². The van der Waals surface area contributed by atoms with E-state index in [9.17, 15) is 28.8 Å². The van der Waals surface area contributed by atoms with Gasteiger partial charge in [-0.2, -0.15) is 0 Å². The summed E-state index contributed by atoms with van der Waals surface area (Å²) in [7, 11) is -3.97. The van der Waals surface area contributed by atoms with Crippen LogP contribution in [0.15, 0.2) is 71.6 Å². The number of sulfonamides is 1. The van der Waals surface area contributed by atoms with Gasteiger partial charge in [0.2, 0.25) is 0 Å². The molecule has 3 rings (SSSR count). The molecule has 0 saturated carbocycles. The average molecular weight is 523 g/mol. The first-order valence-corrected chi connectivity index (χ1v) is 12.6. The van der Waals surface area contributed by atoms with Crippen molar-refractivity contribution < 1.29 is 33.6 Å². The molecule has 0 amide bonds. The van der Waals surface area contributed by atoms with Crippen molar-refractivity contribution in [2.45, 2.75) is 30.1 Å². The lowest BCUT2D eigenvalue weighted by Crippen LogP contribution is -2.38. The maximum Gasteiger partial charge on any atom is 0.262 e. The molecular weight excluding hydrogens is 496 g/mol. The van der Waals surface area contributed by atoms with Gasteiger partial charge in [0, 0.05) is 17.6 Å². The summed E-state index contributed by atoms with van der Waals surface area (Å²) in [6.07, 6.45) is -0.807. The Morgan fingerprint density at radius 1 is 0.943 bits per heavy atom. The molecule has 188 valence electrons. The summed E-state index contributed by atoms with van der Waals surface area (Å²) in [6, 6.07) is 16.3. The number of benzene rings is 3. The summed E-state index contributed by atoms with van der Waals surface area (Å²) in [4.78, 5) is -0.0295. The molecule has 0 saturated heterocycles. The zero-order chi connectivity index (χ0) is 25.4. The van der Waals surface area contributed by atoms with Gasteiger partial charge in [-0.25, -0.2) is 8.42 Å². The van der Waals surface area contributed by atoms with E-state index < -0.39 is 22.4 Å². The highest BCUT2D eigenvalue weighted by atomic mass is 35.5. The monoisotopic (exact) mass is 522 g/mol. The molecule has 11 heteroatoms. The van der Waals surface area contributed by atoms with Crippen LogP contribution in [-0.2, 0) is 16.4 Å². The van der Waals surface area contributed by atoms with Crippen LogP contribution in [0.25, 0.3) is 0 Å². The van der Waals surface area contributed by atoms with Crippen LogP contribution in [0, 0.1) is 0 Å². The number of phenolic OH excluding ortho intramolecular Hbond substituents is 2. The fourth-order valence-electron chi connectivity index (χ4n) is 3.10. The lowest BCUT2D eigenvalue weighted by molar-refractivity contribution is 0.0712. The first-order chi connectivity index (χ1) is 16.6. The van der Waals surface area contributed by atoms with E-state index in [4.69, 9.17) is 16.3 Å². The number of nitrogens with one attached hydrogen (secondary N) is 2. The normalized spacial score (nSPS) is 13.2. The van der Waals surface area contributed by atoms with Crippen molar-refractivity contribution in [2.75, 3.05) is 17.9 Å². The van der Waals surface area contributed by atoms with Crippen molar-refractivity contribution >= 4 is 27.3 Å². The highest BCUT2D eigenvalue weighted by Gasteiger charge is 2.17. The minimum atomic E-state index is -3.97. The fourth-order valence-corrected chi connectivity index (χ4v) is 4.29. The SMILES string of the molecule is O=S(=O)(Nc1cc(OCC(O)CN[C@@H](O)CCc2ccc(O)cc2)ccc1O)c1ccc(Cl)cc1. The molecule has 35 heavy (non-hydrogen) atoms. The lowest BCUT2D eigenvalue weighted by Gasteiger charge is -2.17. The Morgan fingerprint density at radius 3 is 2.31 bits per heavy atom. The number of hydrogen-bond donors (Lipinski definition) is 6. The number of aliphatic hydroxyl groups excluding tert-OH is 2. The third-order valence-corrected chi connectivity index (χ3v) is 6.64. The quantitative estimate of drug-likeness (QED) is 0.157. The predicted octanol–water partition coefficient (Wildman–Crippen LogP) is 2.83. The summed E-state index contributed by atoms with van der Waals surface area (Å²) in [5.74, 6) is 0.104. The maximum atomic E-state index is 12.6. The van der Waals surface area contributed by atoms with Gasteiger partial charge in [-0.1, -0.05) is 23.7 Å². The minimum Gasteiger partial charge on any atom is -0.508 e. The van der Waals surface area contributed by atoms with Crippen LogP contribution in [0.2, 0.25) is 5.02 Å². The molecule has 9 nitrogen and oxygen atoms in total. The number of rotatable bonds is 12. The van der Waals surface area contributed by atoms with Gasteiger partial charge in [0.25, 0.3) is 10.0 Å². The molecule has 0 aromatic heterocycles. The van der Waals surface area contributed by atoms with Crippen LogP contribution in [0.5, 0.6) is 17.2 Å². The summed E-state index contributed by atoms with van der Waals surface area (Å²) in [5.41, 5.74) is 0.872. The minimum absolute atomic E-state index is 0.0295. The van der Waals surface area contributed by atoms with Gasteiger partial charge < -0.3 is 25.2 Å². The standard InChI is InChI=1S/C24H27ClN2O7S/c25-17-4-9-21(10-5-17)35(32,33)27-22-13-20(8-11-23(22)30)34-15-19(29)14-26-24(31)12-3-16-1-6-18(28)7-2-16/h1-2,4-11,13,19,24,26-31H,3,12,14-15H2/t19?,24-/m0/s1. The Morgan fingerprint density at radius 2 is 1.63 bits per heavy atom. The van der Waals surface area contributed by atoms with Crippen molar-refractivity contribution in [3.8, 4) is 17.2 Å². The second kappa shape index (κ2) is 12.1. The molecule has 2 atom stereocenters. The number of anilines is 1. The van der Waals surface area contributed by atoms with Crippen LogP contribution in [0.4, 0.5) is 5.69 Å². The van der Waals surface area contributed by atoms with E-state index in [1.54, 1.807) is 24.3 Å². The van der Waals surface area contributed by atoms with Crippen molar-refractivity contribution in [1.29, 1.82) is 0 Å². The molecule has 6 N–H and O–H groups in total. The van der Waals surface area contributed by atoms with Gasteiger partial charge in [-0.3, -0.25) is 10.0 Å². The number of halogens is 1. The highest BCUT2D eigenvalue weighted by molar-refractivity contribution is 7.92. The molecule has 0 aliphatic heterocycles. The summed E-state index contributed by atoms with van der Waals surface area (Å²) >= 11 is 5.80. The zero-order valence-corrected chi connectivity index (χ0v) is 20.2. The molecule has 0 fully saturated rings. The topological polar surface area (TPSA) is 148 Å². The predicted molar refractivity (Wildman–Crippen MR) is 132 cm³/mol. The highest BCUT2D eigenvalue weighted by Crippen LogP contribution is 2.30. The van der Waals surface area contributed by atoms with E-state index in [1.807, 2.05) is 0 Å². The summed E-state index contributed by atoms with van der Waals surface area (Å²) in [5, 5.41) is 42.8. The Kier molecular flexibility index (Phi) is 9.19.